The predicted octanol–water partition coefficient (Wildman–Crippen LogP) is 3.29. The Labute approximate surface area is 153 Å². The zero-order valence-corrected chi connectivity index (χ0v) is 15.1. The maximum Gasteiger partial charge on any atom is 0.159 e. The monoisotopic (exact) mass is 348 g/mol. The van der Waals surface area contributed by atoms with E-state index < -0.39 is 0 Å². The Kier molecular flexibility index (Phi) is 3.84. The van der Waals surface area contributed by atoms with Gasteiger partial charge < -0.3 is 9.47 Å². The molecular weight excluding hydrogens is 324 g/mol. The molecule has 0 N–H and O–H groups in total. The molecule has 5 rings (SSSR count). The molecule has 0 bridgehead atoms. The van der Waals surface area contributed by atoms with E-state index in [0.717, 1.165) is 60.1 Å². The average molecular weight is 348 g/mol. The van der Waals surface area contributed by atoms with Crippen LogP contribution in [0.4, 0.5) is 5.82 Å². The minimum absolute atomic E-state index is 0.748. The number of nitrogens with zero attached hydrogens (tertiary/aromatic N) is 6. The Balaban J connectivity index is 1.49. The number of rotatable bonds is 6. The lowest BCUT2D eigenvalue weighted by Crippen LogP contribution is -2.31. The van der Waals surface area contributed by atoms with Gasteiger partial charge in [0.15, 0.2) is 5.82 Å². The standard InChI is InChI=1S/C20H24N6/c1-2-25-7-6-21-18(25)12-26(11-14-8-15-10-16(15)9-14)20-19-17(23-13-24-20)4-3-5-22-19/h3-7,13-16H,2,8-12H2,1H3. The summed E-state index contributed by atoms with van der Waals surface area (Å²) < 4.78 is 2.20. The summed E-state index contributed by atoms with van der Waals surface area (Å²) in [6, 6.07) is 3.93. The summed E-state index contributed by atoms with van der Waals surface area (Å²) >= 11 is 0. The van der Waals surface area contributed by atoms with Gasteiger partial charge in [-0.25, -0.2) is 15.0 Å². The van der Waals surface area contributed by atoms with Crippen molar-refractivity contribution in [3.05, 3.63) is 42.9 Å². The number of imidazole rings is 1. The number of pyridine rings is 1. The highest BCUT2D eigenvalue weighted by molar-refractivity contribution is 5.84. The molecule has 26 heavy (non-hydrogen) atoms. The van der Waals surface area contributed by atoms with Gasteiger partial charge in [-0.05, 0) is 56.1 Å². The molecule has 134 valence electrons. The van der Waals surface area contributed by atoms with Gasteiger partial charge in [0.25, 0.3) is 0 Å². The molecule has 0 aliphatic heterocycles. The topological polar surface area (TPSA) is 59.7 Å². The molecule has 3 aromatic rings. The van der Waals surface area contributed by atoms with E-state index in [-0.39, 0.29) is 0 Å². The Morgan fingerprint density at radius 2 is 1.96 bits per heavy atom. The highest BCUT2D eigenvalue weighted by Crippen LogP contribution is 2.54. The first-order valence-corrected chi connectivity index (χ1v) is 9.62. The van der Waals surface area contributed by atoms with Crippen molar-refractivity contribution in [2.75, 3.05) is 11.4 Å². The number of aromatic nitrogens is 5. The van der Waals surface area contributed by atoms with E-state index in [4.69, 9.17) is 0 Å². The number of hydrogen-bond donors (Lipinski definition) is 0. The summed E-state index contributed by atoms with van der Waals surface area (Å²) in [5.41, 5.74) is 1.78. The Bertz CT molecular complexity index is 904. The lowest BCUT2D eigenvalue weighted by Gasteiger charge is -2.27. The minimum atomic E-state index is 0.748. The van der Waals surface area contributed by atoms with Gasteiger partial charge in [0.2, 0.25) is 0 Å². The molecule has 2 saturated carbocycles. The molecule has 6 heteroatoms. The van der Waals surface area contributed by atoms with Gasteiger partial charge in [0, 0.05) is 31.7 Å². The average Bonchev–Trinajstić information content (AvgIpc) is 3.06. The smallest absolute Gasteiger partial charge is 0.159 e. The molecule has 2 aliphatic rings. The van der Waals surface area contributed by atoms with Crippen molar-refractivity contribution in [1.29, 1.82) is 0 Å². The van der Waals surface area contributed by atoms with E-state index in [1.807, 2.05) is 24.5 Å². The van der Waals surface area contributed by atoms with Crippen molar-refractivity contribution in [3.8, 4) is 0 Å². The second-order valence-electron chi connectivity index (χ2n) is 7.67. The van der Waals surface area contributed by atoms with Crippen molar-refractivity contribution >= 4 is 16.9 Å². The molecule has 0 saturated heterocycles. The second kappa shape index (κ2) is 6.34. The van der Waals surface area contributed by atoms with Crippen molar-refractivity contribution in [1.82, 2.24) is 24.5 Å². The highest BCUT2D eigenvalue weighted by Gasteiger charge is 2.46. The fourth-order valence-corrected chi connectivity index (χ4v) is 4.59. The molecule has 2 atom stereocenters. The molecule has 0 radical (unpaired) electrons. The third-order valence-corrected chi connectivity index (χ3v) is 5.97. The Hall–Kier alpha value is -2.50. The van der Waals surface area contributed by atoms with Gasteiger partial charge in [-0.15, -0.1) is 0 Å². The largest absolute Gasteiger partial charge is 0.347 e. The summed E-state index contributed by atoms with van der Waals surface area (Å²) in [6.07, 6.45) is 11.6. The molecule has 0 spiro atoms. The van der Waals surface area contributed by atoms with Crippen LogP contribution in [0, 0.1) is 17.8 Å². The molecule has 6 nitrogen and oxygen atoms in total. The highest BCUT2D eigenvalue weighted by atomic mass is 15.2. The van der Waals surface area contributed by atoms with Crippen LogP contribution in [-0.2, 0) is 13.1 Å². The quantitative estimate of drug-likeness (QED) is 0.684. The molecule has 2 fully saturated rings. The van der Waals surface area contributed by atoms with Crippen molar-refractivity contribution in [3.63, 3.8) is 0 Å². The summed E-state index contributed by atoms with van der Waals surface area (Å²) in [4.78, 5) is 20.6. The molecular formula is C20H24N6. The first kappa shape index (κ1) is 15.7. The summed E-state index contributed by atoms with van der Waals surface area (Å²) in [7, 11) is 0. The van der Waals surface area contributed by atoms with Crippen LogP contribution in [0.1, 0.15) is 32.0 Å². The number of aryl methyl sites for hydroxylation is 1. The van der Waals surface area contributed by atoms with Crippen LogP contribution in [0.25, 0.3) is 11.0 Å². The minimum Gasteiger partial charge on any atom is -0.347 e. The Morgan fingerprint density at radius 3 is 2.81 bits per heavy atom. The lowest BCUT2D eigenvalue weighted by atomic mass is 10.0. The van der Waals surface area contributed by atoms with Crippen LogP contribution in [0.2, 0.25) is 0 Å². The third kappa shape index (κ3) is 2.83. The predicted molar refractivity (Wildman–Crippen MR) is 101 cm³/mol. The summed E-state index contributed by atoms with van der Waals surface area (Å²) in [6.45, 7) is 4.86. The van der Waals surface area contributed by atoms with Gasteiger partial charge in [0.1, 0.15) is 17.7 Å². The van der Waals surface area contributed by atoms with Crippen LogP contribution in [0.3, 0.4) is 0 Å². The summed E-state index contributed by atoms with van der Waals surface area (Å²) in [5, 5.41) is 0. The van der Waals surface area contributed by atoms with Crippen molar-refractivity contribution in [2.45, 2.75) is 39.3 Å². The van der Waals surface area contributed by atoms with Crippen LogP contribution < -0.4 is 4.90 Å². The van der Waals surface area contributed by atoms with Crippen molar-refractivity contribution in [2.24, 2.45) is 17.8 Å². The van der Waals surface area contributed by atoms with Crippen molar-refractivity contribution < 1.29 is 0 Å². The van der Waals surface area contributed by atoms with Gasteiger partial charge in [-0.3, -0.25) is 4.98 Å². The molecule has 3 aromatic heterocycles. The van der Waals surface area contributed by atoms with Gasteiger partial charge in [-0.1, -0.05) is 0 Å². The normalized spacial score (nSPS) is 24.0. The van der Waals surface area contributed by atoms with Gasteiger partial charge in [-0.2, -0.15) is 0 Å². The Morgan fingerprint density at radius 1 is 1.08 bits per heavy atom. The number of anilines is 1. The first-order valence-electron chi connectivity index (χ1n) is 9.62. The lowest BCUT2D eigenvalue weighted by molar-refractivity contribution is 0.471. The van der Waals surface area contributed by atoms with Crippen LogP contribution in [-0.4, -0.2) is 31.0 Å². The zero-order valence-electron chi connectivity index (χ0n) is 15.1. The molecule has 2 aliphatic carbocycles. The molecule has 3 heterocycles. The van der Waals surface area contributed by atoms with E-state index in [9.17, 15) is 0 Å². The summed E-state index contributed by atoms with van der Waals surface area (Å²) in [5.74, 6) is 4.73. The van der Waals surface area contributed by atoms with E-state index >= 15 is 0 Å². The number of fused-ring (bicyclic) bond motifs is 2. The first-order chi connectivity index (χ1) is 12.8. The van der Waals surface area contributed by atoms with E-state index in [2.05, 4.69) is 42.5 Å². The zero-order chi connectivity index (χ0) is 17.5. The van der Waals surface area contributed by atoms with Crippen LogP contribution >= 0.6 is 0 Å². The fourth-order valence-electron chi connectivity index (χ4n) is 4.59. The molecule has 0 amide bonds. The molecule has 0 aromatic carbocycles. The molecule has 2 unspecified atom stereocenters. The second-order valence-corrected chi connectivity index (χ2v) is 7.67. The maximum atomic E-state index is 4.63. The van der Waals surface area contributed by atoms with Gasteiger partial charge in [0.05, 0.1) is 12.1 Å². The van der Waals surface area contributed by atoms with E-state index in [1.165, 1.54) is 19.3 Å². The third-order valence-electron chi connectivity index (χ3n) is 5.97. The fraction of sp³-hybridized carbons (Fsp3) is 0.500. The van der Waals surface area contributed by atoms with Gasteiger partial charge >= 0.3 is 0 Å². The maximum absolute atomic E-state index is 4.63. The van der Waals surface area contributed by atoms with Crippen LogP contribution in [0.5, 0.6) is 0 Å². The van der Waals surface area contributed by atoms with E-state index in [0.29, 0.717) is 0 Å². The SMILES string of the molecule is CCn1ccnc1CN(CC1CC2CC2C1)c1ncnc2cccnc12. The van der Waals surface area contributed by atoms with Crippen LogP contribution in [0.15, 0.2) is 37.1 Å². The number of hydrogen-bond acceptors (Lipinski definition) is 5. The van der Waals surface area contributed by atoms with E-state index in [1.54, 1.807) is 6.33 Å².